The first kappa shape index (κ1) is 17.4. The summed E-state index contributed by atoms with van der Waals surface area (Å²) in [5.74, 6) is 0.615. The quantitative estimate of drug-likeness (QED) is 0.797. The summed E-state index contributed by atoms with van der Waals surface area (Å²) in [6, 6.07) is 5.22. The second kappa shape index (κ2) is 8.62. The number of pyridine rings is 1. The highest BCUT2D eigenvalue weighted by atomic mass is 16.5. The number of carbonyl (C=O) groups is 1. The SMILES string of the molecule is CCOc1ncccc1C(=O)Nc1ccn(CCCN2CCCC2)n1. The van der Waals surface area contributed by atoms with Crippen LogP contribution in [0.3, 0.4) is 0 Å². The number of nitrogens with one attached hydrogen (secondary N) is 1. The first-order valence-corrected chi connectivity index (χ1v) is 8.91. The fraction of sp³-hybridized carbons (Fsp3) is 0.500. The monoisotopic (exact) mass is 343 g/mol. The maximum atomic E-state index is 12.4. The van der Waals surface area contributed by atoms with Gasteiger partial charge in [0.2, 0.25) is 5.88 Å². The number of aryl methyl sites for hydroxylation is 1. The molecule has 1 fully saturated rings. The topological polar surface area (TPSA) is 72.3 Å². The Hall–Kier alpha value is -2.41. The lowest BCUT2D eigenvalue weighted by atomic mass is 10.2. The molecule has 0 radical (unpaired) electrons. The Bertz CT molecular complexity index is 694. The van der Waals surface area contributed by atoms with E-state index in [0.29, 0.717) is 23.9 Å². The minimum atomic E-state index is -0.265. The van der Waals surface area contributed by atoms with Crippen LogP contribution in [0.2, 0.25) is 0 Å². The molecule has 25 heavy (non-hydrogen) atoms. The zero-order valence-electron chi connectivity index (χ0n) is 14.6. The number of ether oxygens (including phenoxy) is 1. The van der Waals surface area contributed by atoms with Crippen molar-refractivity contribution < 1.29 is 9.53 Å². The molecule has 1 saturated heterocycles. The van der Waals surface area contributed by atoms with E-state index in [1.165, 1.54) is 25.9 Å². The average Bonchev–Trinajstić information content (AvgIpc) is 3.28. The van der Waals surface area contributed by atoms with Gasteiger partial charge in [0, 0.05) is 25.0 Å². The Morgan fingerprint density at radius 3 is 2.92 bits per heavy atom. The number of nitrogens with zero attached hydrogens (tertiary/aromatic N) is 4. The lowest BCUT2D eigenvalue weighted by Crippen LogP contribution is -2.21. The van der Waals surface area contributed by atoms with Gasteiger partial charge in [0.05, 0.1) is 6.61 Å². The van der Waals surface area contributed by atoms with Crippen molar-refractivity contribution in [2.75, 3.05) is 31.6 Å². The predicted octanol–water partition coefficient (Wildman–Crippen LogP) is 2.42. The maximum Gasteiger partial charge on any atom is 0.262 e. The highest BCUT2D eigenvalue weighted by molar-refractivity contribution is 6.05. The van der Waals surface area contributed by atoms with E-state index in [2.05, 4.69) is 20.3 Å². The Morgan fingerprint density at radius 2 is 2.12 bits per heavy atom. The zero-order valence-corrected chi connectivity index (χ0v) is 14.6. The number of likely N-dealkylation sites (tertiary alicyclic amines) is 1. The van der Waals surface area contributed by atoms with Crippen LogP contribution in [0.4, 0.5) is 5.82 Å². The lowest BCUT2D eigenvalue weighted by molar-refractivity contribution is 0.102. The van der Waals surface area contributed by atoms with E-state index in [1.54, 1.807) is 18.3 Å². The highest BCUT2D eigenvalue weighted by Crippen LogP contribution is 2.16. The molecule has 0 unspecified atom stereocenters. The molecule has 1 N–H and O–H groups in total. The molecule has 0 saturated carbocycles. The Labute approximate surface area is 148 Å². The second-order valence-corrected chi connectivity index (χ2v) is 6.11. The molecule has 1 aliphatic heterocycles. The molecular weight excluding hydrogens is 318 g/mol. The molecular formula is C18H25N5O2. The number of hydrogen-bond donors (Lipinski definition) is 1. The van der Waals surface area contributed by atoms with E-state index in [-0.39, 0.29) is 5.91 Å². The van der Waals surface area contributed by atoms with Gasteiger partial charge in [0.25, 0.3) is 5.91 Å². The van der Waals surface area contributed by atoms with E-state index in [1.807, 2.05) is 23.9 Å². The number of aromatic nitrogens is 3. The van der Waals surface area contributed by atoms with Crippen molar-refractivity contribution in [1.82, 2.24) is 19.7 Å². The smallest absolute Gasteiger partial charge is 0.262 e. The normalized spacial score (nSPS) is 14.6. The standard InChI is InChI=1S/C18H25N5O2/c1-2-25-18-15(7-5-9-19-18)17(24)20-16-8-14-23(21-16)13-6-12-22-10-3-4-11-22/h5,7-9,14H,2-4,6,10-13H2,1H3,(H,20,21,24). The van der Waals surface area contributed by atoms with Crippen molar-refractivity contribution >= 4 is 11.7 Å². The zero-order chi connectivity index (χ0) is 17.5. The van der Waals surface area contributed by atoms with Gasteiger partial charge in [-0.15, -0.1) is 0 Å². The molecule has 2 aromatic rings. The predicted molar refractivity (Wildman–Crippen MR) is 95.9 cm³/mol. The second-order valence-electron chi connectivity index (χ2n) is 6.11. The number of anilines is 1. The fourth-order valence-electron chi connectivity index (χ4n) is 3.01. The van der Waals surface area contributed by atoms with Crippen LogP contribution in [0, 0.1) is 0 Å². The van der Waals surface area contributed by atoms with Gasteiger partial charge in [-0.05, 0) is 58.0 Å². The van der Waals surface area contributed by atoms with Crippen LogP contribution in [0.1, 0.15) is 36.5 Å². The minimum absolute atomic E-state index is 0.265. The van der Waals surface area contributed by atoms with Crippen molar-refractivity contribution in [2.45, 2.75) is 32.7 Å². The van der Waals surface area contributed by atoms with Crippen LogP contribution in [0.5, 0.6) is 5.88 Å². The molecule has 1 amide bonds. The van der Waals surface area contributed by atoms with Crippen LogP contribution in [0.15, 0.2) is 30.6 Å². The molecule has 0 aliphatic carbocycles. The molecule has 134 valence electrons. The summed E-state index contributed by atoms with van der Waals surface area (Å²) in [4.78, 5) is 19.0. The van der Waals surface area contributed by atoms with Crippen LogP contribution < -0.4 is 10.1 Å². The molecule has 7 heteroatoms. The van der Waals surface area contributed by atoms with Crippen LogP contribution in [0.25, 0.3) is 0 Å². The Morgan fingerprint density at radius 1 is 1.28 bits per heavy atom. The Kier molecular flexibility index (Phi) is 6.00. The molecule has 7 nitrogen and oxygen atoms in total. The highest BCUT2D eigenvalue weighted by Gasteiger charge is 2.15. The van der Waals surface area contributed by atoms with Gasteiger partial charge in [-0.1, -0.05) is 0 Å². The third-order valence-corrected chi connectivity index (χ3v) is 4.24. The molecule has 0 aromatic carbocycles. The molecule has 2 aromatic heterocycles. The maximum absolute atomic E-state index is 12.4. The van der Waals surface area contributed by atoms with Crippen molar-refractivity contribution in [3.8, 4) is 5.88 Å². The average molecular weight is 343 g/mol. The summed E-state index contributed by atoms with van der Waals surface area (Å²) in [6.07, 6.45) is 7.20. The molecule has 3 rings (SSSR count). The van der Waals surface area contributed by atoms with E-state index >= 15 is 0 Å². The van der Waals surface area contributed by atoms with Gasteiger partial charge >= 0.3 is 0 Å². The fourth-order valence-corrected chi connectivity index (χ4v) is 3.01. The third-order valence-electron chi connectivity index (χ3n) is 4.24. The van der Waals surface area contributed by atoms with Gasteiger partial charge in [-0.3, -0.25) is 9.48 Å². The Balaban J connectivity index is 1.53. The minimum Gasteiger partial charge on any atom is -0.477 e. The van der Waals surface area contributed by atoms with E-state index in [0.717, 1.165) is 19.5 Å². The summed E-state index contributed by atoms with van der Waals surface area (Å²) in [7, 11) is 0. The van der Waals surface area contributed by atoms with E-state index < -0.39 is 0 Å². The molecule has 1 aliphatic rings. The summed E-state index contributed by atoms with van der Waals surface area (Å²) in [5.41, 5.74) is 0.410. The number of rotatable bonds is 8. The summed E-state index contributed by atoms with van der Waals surface area (Å²) in [6.45, 7) is 6.71. The van der Waals surface area contributed by atoms with E-state index in [9.17, 15) is 4.79 Å². The van der Waals surface area contributed by atoms with Crippen LogP contribution >= 0.6 is 0 Å². The van der Waals surface area contributed by atoms with Crippen molar-refractivity contribution in [3.63, 3.8) is 0 Å². The molecule has 0 atom stereocenters. The van der Waals surface area contributed by atoms with Crippen LogP contribution in [-0.4, -0.2) is 51.8 Å². The first-order chi connectivity index (χ1) is 12.3. The van der Waals surface area contributed by atoms with Gasteiger partial charge in [-0.2, -0.15) is 5.10 Å². The van der Waals surface area contributed by atoms with Gasteiger partial charge in [0.1, 0.15) is 5.56 Å². The summed E-state index contributed by atoms with van der Waals surface area (Å²) >= 11 is 0. The number of carbonyl (C=O) groups excluding carboxylic acids is 1. The van der Waals surface area contributed by atoms with Gasteiger partial charge in [-0.25, -0.2) is 4.98 Å². The number of hydrogen-bond acceptors (Lipinski definition) is 5. The third kappa shape index (κ3) is 4.79. The van der Waals surface area contributed by atoms with Crippen molar-refractivity contribution in [3.05, 3.63) is 36.2 Å². The van der Waals surface area contributed by atoms with Crippen molar-refractivity contribution in [2.24, 2.45) is 0 Å². The van der Waals surface area contributed by atoms with Gasteiger partial charge in [0.15, 0.2) is 5.82 Å². The summed E-state index contributed by atoms with van der Waals surface area (Å²) < 4.78 is 7.27. The van der Waals surface area contributed by atoms with E-state index in [4.69, 9.17) is 4.74 Å². The molecule has 0 spiro atoms. The lowest BCUT2D eigenvalue weighted by Gasteiger charge is -2.13. The van der Waals surface area contributed by atoms with Crippen molar-refractivity contribution in [1.29, 1.82) is 0 Å². The summed E-state index contributed by atoms with van der Waals surface area (Å²) in [5, 5.41) is 7.23. The molecule has 0 bridgehead atoms. The largest absolute Gasteiger partial charge is 0.477 e. The molecule has 3 heterocycles. The first-order valence-electron chi connectivity index (χ1n) is 8.91. The number of amides is 1. The van der Waals surface area contributed by atoms with Gasteiger partial charge < -0.3 is 15.0 Å². The van der Waals surface area contributed by atoms with Crippen LogP contribution in [-0.2, 0) is 6.54 Å².